The van der Waals surface area contributed by atoms with Gasteiger partial charge in [0.1, 0.15) is 6.61 Å². The van der Waals surface area contributed by atoms with Crippen LogP contribution < -0.4 is 0 Å². The Kier molecular flexibility index (Phi) is 10.2. The lowest BCUT2D eigenvalue weighted by atomic mass is 9.98. The van der Waals surface area contributed by atoms with Crippen LogP contribution in [0.1, 0.15) is 28.4 Å². The Bertz CT molecular complexity index is 1720. The number of thioether (sulfide) groups is 4. The molecule has 1 aliphatic carbocycles. The number of benzene rings is 2. The molecule has 0 bridgehead atoms. The highest BCUT2D eigenvalue weighted by Gasteiger charge is 2.38. The van der Waals surface area contributed by atoms with Crippen molar-refractivity contribution in [2.45, 2.75) is 16.7 Å². The molecule has 0 saturated carbocycles. The van der Waals surface area contributed by atoms with Crippen molar-refractivity contribution in [3.63, 3.8) is 0 Å². The van der Waals surface area contributed by atoms with E-state index >= 15 is 0 Å². The van der Waals surface area contributed by atoms with Gasteiger partial charge < -0.3 is 18.9 Å². The molecule has 3 heterocycles. The second-order valence-corrected chi connectivity index (χ2v) is 15.1. The van der Waals surface area contributed by atoms with E-state index in [-0.39, 0.29) is 30.2 Å². The van der Waals surface area contributed by atoms with E-state index in [1.165, 1.54) is 57.6 Å². The fraction of sp³-hybridized carbons (Fsp3) is 0.276. The molecule has 0 spiro atoms. The SMILES string of the molecule is CCOCCOCCOCCOC(=O)c1cc([N+](=O)[O-])cc2c1-c1ccc([N+](=O)[O-])cc1C2=C1SC2=C(S1)Sc1cscc1S2. The fourth-order valence-corrected chi connectivity index (χ4v) is 11.9. The van der Waals surface area contributed by atoms with Gasteiger partial charge in [0.2, 0.25) is 0 Å². The number of carbonyl (C=O) groups excluding carboxylic acids is 1. The molecule has 1 aromatic heterocycles. The number of ether oxygens (including phenoxy) is 4. The van der Waals surface area contributed by atoms with Gasteiger partial charge in [0.25, 0.3) is 11.4 Å². The lowest BCUT2D eigenvalue weighted by molar-refractivity contribution is -0.385. The molecule has 2 aromatic carbocycles. The summed E-state index contributed by atoms with van der Waals surface area (Å²) in [5.41, 5.74) is 2.28. The van der Waals surface area contributed by atoms with E-state index in [9.17, 15) is 25.0 Å². The van der Waals surface area contributed by atoms with Crippen molar-refractivity contribution in [2.24, 2.45) is 0 Å². The van der Waals surface area contributed by atoms with Crippen molar-refractivity contribution >= 4 is 81.3 Å². The highest BCUT2D eigenvalue weighted by molar-refractivity contribution is 8.41. The van der Waals surface area contributed by atoms with E-state index in [0.717, 1.165) is 12.7 Å². The number of carbonyl (C=O) groups is 1. The molecule has 0 fully saturated rings. The normalized spacial score (nSPS) is 14.7. The molecule has 11 nitrogen and oxygen atoms in total. The summed E-state index contributed by atoms with van der Waals surface area (Å²) < 4.78 is 24.6. The number of non-ortho nitro benzene ring substituents is 2. The third-order valence-electron chi connectivity index (χ3n) is 6.72. The maximum Gasteiger partial charge on any atom is 0.339 e. The first-order valence-corrected chi connectivity index (χ1v) is 17.8. The maximum absolute atomic E-state index is 13.4. The van der Waals surface area contributed by atoms with Crippen LogP contribution in [0.3, 0.4) is 0 Å². The first-order chi connectivity index (χ1) is 21.9. The number of thiophene rings is 1. The topological polar surface area (TPSA) is 140 Å². The van der Waals surface area contributed by atoms with Gasteiger partial charge in [-0.3, -0.25) is 20.2 Å². The summed E-state index contributed by atoms with van der Waals surface area (Å²) in [6, 6.07) is 7.07. The summed E-state index contributed by atoms with van der Waals surface area (Å²) in [4.78, 5) is 38.6. The van der Waals surface area contributed by atoms with Crippen molar-refractivity contribution in [1.82, 2.24) is 0 Å². The van der Waals surface area contributed by atoms with Crippen molar-refractivity contribution in [3.05, 3.63) is 90.7 Å². The largest absolute Gasteiger partial charge is 0.460 e. The van der Waals surface area contributed by atoms with Gasteiger partial charge in [-0.2, -0.15) is 11.3 Å². The van der Waals surface area contributed by atoms with Crippen LogP contribution in [0.15, 0.2) is 63.6 Å². The van der Waals surface area contributed by atoms with Gasteiger partial charge >= 0.3 is 5.97 Å². The molecule has 0 radical (unpaired) electrons. The first-order valence-electron chi connectivity index (χ1n) is 13.6. The summed E-state index contributed by atoms with van der Waals surface area (Å²) in [6.07, 6.45) is 0. The second kappa shape index (κ2) is 14.3. The Morgan fingerprint density at radius 2 is 1.31 bits per heavy atom. The Hall–Kier alpha value is -2.83. The number of nitro benzene ring substituents is 2. The second-order valence-electron chi connectivity index (χ2n) is 9.46. The molecule has 234 valence electrons. The van der Waals surface area contributed by atoms with Crippen molar-refractivity contribution in [1.29, 1.82) is 0 Å². The van der Waals surface area contributed by atoms with Crippen molar-refractivity contribution in [2.75, 3.05) is 46.2 Å². The third-order valence-corrected chi connectivity index (χ3v) is 13.4. The third kappa shape index (κ3) is 6.83. The smallest absolute Gasteiger partial charge is 0.339 e. The predicted octanol–water partition coefficient (Wildman–Crippen LogP) is 7.99. The Balaban J connectivity index is 1.28. The quantitative estimate of drug-likeness (QED) is 0.0575. The minimum absolute atomic E-state index is 0.0143. The molecule has 2 aliphatic heterocycles. The van der Waals surface area contributed by atoms with Crippen molar-refractivity contribution in [3.8, 4) is 11.1 Å². The fourth-order valence-electron chi connectivity index (χ4n) is 4.79. The van der Waals surface area contributed by atoms with Crippen LogP contribution in [0.2, 0.25) is 0 Å². The van der Waals surface area contributed by atoms with Gasteiger partial charge in [-0.1, -0.05) is 47.0 Å². The zero-order valence-electron chi connectivity index (χ0n) is 23.6. The van der Waals surface area contributed by atoms with Gasteiger partial charge in [0.05, 0.1) is 61.2 Å². The van der Waals surface area contributed by atoms with Gasteiger partial charge in [0, 0.05) is 62.6 Å². The van der Waals surface area contributed by atoms with E-state index in [1.54, 1.807) is 40.9 Å². The van der Waals surface area contributed by atoms with Crippen LogP contribution in [0.25, 0.3) is 16.7 Å². The zero-order chi connectivity index (χ0) is 31.5. The highest BCUT2D eigenvalue weighted by Crippen LogP contribution is 2.67. The molecule has 16 heteroatoms. The summed E-state index contributed by atoms with van der Waals surface area (Å²) in [6.45, 7) is 4.18. The Labute approximate surface area is 278 Å². The van der Waals surface area contributed by atoms with Crippen LogP contribution in [0, 0.1) is 20.2 Å². The summed E-state index contributed by atoms with van der Waals surface area (Å²) >= 11 is 8.04. The number of fused-ring (bicyclic) bond motifs is 4. The van der Waals surface area contributed by atoms with Crippen LogP contribution in [0.5, 0.6) is 0 Å². The van der Waals surface area contributed by atoms with Crippen molar-refractivity contribution < 1.29 is 33.6 Å². The van der Waals surface area contributed by atoms with Gasteiger partial charge in [-0.15, -0.1) is 0 Å². The van der Waals surface area contributed by atoms with Crippen LogP contribution in [-0.4, -0.2) is 62.1 Å². The average Bonchev–Trinajstić information content (AvgIpc) is 3.74. The van der Waals surface area contributed by atoms with E-state index in [0.29, 0.717) is 60.9 Å². The zero-order valence-corrected chi connectivity index (χ0v) is 27.7. The molecule has 3 aromatic rings. The molecule has 45 heavy (non-hydrogen) atoms. The molecule has 0 atom stereocenters. The minimum Gasteiger partial charge on any atom is -0.460 e. The number of nitrogens with zero attached hydrogens (tertiary/aromatic N) is 2. The Morgan fingerprint density at radius 3 is 1.93 bits per heavy atom. The van der Waals surface area contributed by atoms with Crippen LogP contribution >= 0.6 is 58.4 Å². The minimum atomic E-state index is -0.749. The summed E-state index contributed by atoms with van der Waals surface area (Å²) in [5.74, 6) is -0.749. The number of rotatable bonds is 13. The average molecular weight is 705 g/mol. The number of nitro groups is 2. The Morgan fingerprint density at radius 1 is 0.711 bits per heavy atom. The van der Waals surface area contributed by atoms with Gasteiger partial charge in [0.15, 0.2) is 0 Å². The highest BCUT2D eigenvalue weighted by atomic mass is 32.3. The van der Waals surface area contributed by atoms with E-state index in [4.69, 9.17) is 18.9 Å². The predicted molar refractivity (Wildman–Crippen MR) is 178 cm³/mol. The molecule has 0 N–H and O–H groups in total. The lowest BCUT2D eigenvalue weighted by Crippen LogP contribution is -2.15. The summed E-state index contributed by atoms with van der Waals surface area (Å²) in [7, 11) is 0. The molecule has 0 unspecified atom stereocenters. The molecule has 0 saturated heterocycles. The van der Waals surface area contributed by atoms with E-state index < -0.39 is 15.8 Å². The van der Waals surface area contributed by atoms with E-state index in [1.807, 2.05) is 6.92 Å². The molecular weight excluding hydrogens is 681 g/mol. The number of esters is 1. The standard InChI is InChI=1S/C29H24N2O9S5/c1-2-37-5-6-38-7-8-39-9-10-40-26(32)21-13-17(31(35)36)12-20-24(21)18-4-3-16(30(33)34)11-19(18)25(20)27-44-28-29(45-27)43-23-15-41-14-22(23)42-28/h3-4,11-15H,2,5-10H2,1H3. The molecular formula is C29H24N2O9S5. The van der Waals surface area contributed by atoms with Crippen LogP contribution in [-0.2, 0) is 18.9 Å². The number of hydrogen-bond donors (Lipinski definition) is 0. The van der Waals surface area contributed by atoms with Gasteiger partial charge in [-0.05, 0) is 29.7 Å². The molecule has 3 aliphatic rings. The molecule has 6 rings (SSSR count). The maximum atomic E-state index is 13.4. The summed E-state index contributed by atoms with van der Waals surface area (Å²) in [5, 5.41) is 28.0. The molecule has 0 amide bonds. The van der Waals surface area contributed by atoms with Crippen LogP contribution in [0.4, 0.5) is 11.4 Å². The monoisotopic (exact) mass is 704 g/mol. The van der Waals surface area contributed by atoms with E-state index in [2.05, 4.69) is 10.8 Å². The lowest BCUT2D eigenvalue weighted by Gasteiger charge is -2.11. The number of hydrogen-bond acceptors (Lipinski definition) is 14. The van der Waals surface area contributed by atoms with Gasteiger partial charge in [-0.25, -0.2) is 4.79 Å². The first kappa shape index (κ1) is 32.1.